The van der Waals surface area contributed by atoms with Gasteiger partial charge in [0.05, 0.1) is 18.5 Å². The molecule has 0 aliphatic heterocycles. The van der Waals surface area contributed by atoms with Gasteiger partial charge in [0.15, 0.2) is 6.10 Å². The van der Waals surface area contributed by atoms with Gasteiger partial charge in [0.2, 0.25) is 5.88 Å². The molecule has 0 fully saturated rings. The highest BCUT2D eigenvalue weighted by atomic mass is 35.5. The Morgan fingerprint density at radius 3 is 2.63 bits per heavy atom. The third-order valence-electron chi connectivity index (χ3n) is 4.45. The molecule has 156 valence electrons. The highest BCUT2D eigenvalue weighted by Crippen LogP contribution is 2.25. The number of hydrogen-bond acceptors (Lipinski definition) is 5. The van der Waals surface area contributed by atoms with E-state index in [4.69, 9.17) is 21.1 Å². The summed E-state index contributed by atoms with van der Waals surface area (Å²) in [6, 6.07) is 13.4. The highest BCUT2D eigenvalue weighted by molar-refractivity contribution is 6.30. The summed E-state index contributed by atoms with van der Waals surface area (Å²) in [4.78, 5) is 24.9. The highest BCUT2D eigenvalue weighted by Gasteiger charge is 2.18. The van der Waals surface area contributed by atoms with Gasteiger partial charge in [-0.25, -0.2) is 0 Å². The van der Waals surface area contributed by atoms with Crippen molar-refractivity contribution in [2.24, 2.45) is 0 Å². The van der Waals surface area contributed by atoms with Gasteiger partial charge < -0.3 is 14.8 Å². The Morgan fingerprint density at radius 2 is 1.90 bits per heavy atom. The fourth-order valence-corrected chi connectivity index (χ4v) is 3.00. The Balaban J connectivity index is 1.81. The summed E-state index contributed by atoms with van der Waals surface area (Å²) in [5.74, 6) is 0.300. The van der Waals surface area contributed by atoms with Gasteiger partial charge in [-0.15, -0.1) is 5.10 Å². The molecule has 7 nitrogen and oxygen atoms in total. The van der Waals surface area contributed by atoms with Crippen molar-refractivity contribution >= 4 is 23.2 Å². The van der Waals surface area contributed by atoms with Crippen molar-refractivity contribution < 1.29 is 14.3 Å². The number of benzene rings is 2. The van der Waals surface area contributed by atoms with Crippen molar-refractivity contribution in [3.8, 4) is 17.3 Å². The summed E-state index contributed by atoms with van der Waals surface area (Å²) in [5, 5.41) is 7.52. The standard InChI is InChI=1S/C22H22ClN3O4/c1-13-5-8-19(29-4)17(11-13)24-22(28)15(3)30-20-9-10-21(27)26(25-20)18-12-16(23)7-6-14(18)2/h5-12,15H,1-4H3,(H,24,28)/t15-/m0/s1. The molecule has 0 aliphatic carbocycles. The van der Waals surface area contributed by atoms with E-state index in [0.29, 0.717) is 22.1 Å². The maximum Gasteiger partial charge on any atom is 0.271 e. The number of nitrogens with zero attached hydrogens (tertiary/aromatic N) is 2. The van der Waals surface area contributed by atoms with Gasteiger partial charge in [-0.2, -0.15) is 4.68 Å². The van der Waals surface area contributed by atoms with E-state index in [9.17, 15) is 9.59 Å². The van der Waals surface area contributed by atoms with E-state index in [-0.39, 0.29) is 17.3 Å². The number of nitrogens with one attached hydrogen (secondary N) is 1. The number of aromatic nitrogens is 2. The maximum atomic E-state index is 12.6. The molecule has 3 rings (SSSR count). The Morgan fingerprint density at radius 1 is 1.13 bits per heavy atom. The molecular weight excluding hydrogens is 406 g/mol. The van der Waals surface area contributed by atoms with Crippen molar-refractivity contribution in [1.82, 2.24) is 9.78 Å². The van der Waals surface area contributed by atoms with Crippen LogP contribution in [0, 0.1) is 13.8 Å². The van der Waals surface area contributed by atoms with Crippen molar-refractivity contribution in [2.45, 2.75) is 26.9 Å². The molecule has 1 aromatic heterocycles. The zero-order valence-electron chi connectivity index (χ0n) is 17.1. The average Bonchev–Trinajstić information content (AvgIpc) is 2.71. The first-order chi connectivity index (χ1) is 14.3. The van der Waals surface area contributed by atoms with Crippen LogP contribution in [0.4, 0.5) is 5.69 Å². The number of methoxy groups -OCH3 is 1. The van der Waals surface area contributed by atoms with E-state index < -0.39 is 6.10 Å². The van der Waals surface area contributed by atoms with E-state index >= 15 is 0 Å². The summed E-state index contributed by atoms with van der Waals surface area (Å²) in [5.41, 5.74) is 2.55. The van der Waals surface area contributed by atoms with E-state index in [2.05, 4.69) is 10.4 Å². The SMILES string of the molecule is COc1ccc(C)cc1NC(=O)[C@H](C)Oc1ccc(=O)n(-c2cc(Cl)ccc2C)n1. The summed E-state index contributed by atoms with van der Waals surface area (Å²) >= 11 is 6.06. The Bertz CT molecular complexity index is 1140. The Hall–Kier alpha value is -3.32. The van der Waals surface area contributed by atoms with Gasteiger partial charge in [0, 0.05) is 17.2 Å². The molecule has 3 aromatic rings. The number of ether oxygens (including phenoxy) is 2. The van der Waals surface area contributed by atoms with Crippen molar-refractivity contribution in [3.63, 3.8) is 0 Å². The molecule has 1 atom stereocenters. The fourth-order valence-electron chi connectivity index (χ4n) is 2.83. The molecule has 0 saturated carbocycles. The Kier molecular flexibility index (Phi) is 6.42. The van der Waals surface area contributed by atoms with E-state index in [1.54, 1.807) is 31.2 Å². The van der Waals surface area contributed by atoms with Crippen molar-refractivity contribution in [3.05, 3.63) is 75.0 Å². The Labute approximate surface area is 179 Å². The molecular formula is C22H22ClN3O4. The van der Waals surface area contributed by atoms with Crippen LogP contribution in [0.2, 0.25) is 5.02 Å². The zero-order valence-corrected chi connectivity index (χ0v) is 17.9. The number of hydrogen-bond donors (Lipinski definition) is 1. The molecule has 1 amide bonds. The lowest BCUT2D eigenvalue weighted by atomic mass is 10.2. The normalized spacial score (nSPS) is 11.6. The molecule has 1 heterocycles. The molecule has 1 N–H and O–H groups in total. The van der Waals surface area contributed by atoms with Crippen LogP contribution in [0.15, 0.2) is 53.3 Å². The molecule has 0 spiro atoms. The lowest BCUT2D eigenvalue weighted by Gasteiger charge is -2.17. The minimum Gasteiger partial charge on any atom is -0.495 e. The van der Waals surface area contributed by atoms with E-state index in [0.717, 1.165) is 11.1 Å². The van der Waals surface area contributed by atoms with E-state index in [1.165, 1.54) is 23.9 Å². The maximum absolute atomic E-state index is 12.6. The van der Waals surface area contributed by atoms with Crippen LogP contribution in [0.3, 0.4) is 0 Å². The average molecular weight is 428 g/mol. The minimum absolute atomic E-state index is 0.132. The number of anilines is 1. The first-order valence-corrected chi connectivity index (χ1v) is 9.65. The zero-order chi connectivity index (χ0) is 21.8. The summed E-state index contributed by atoms with van der Waals surface area (Å²) in [6.45, 7) is 5.36. The lowest BCUT2D eigenvalue weighted by molar-refractivity contribution is -0.122. The summed E-state index contributed by atoms with van der Waals surface area (Å²) < 4.78 is 12.2. The van der Waals surface area contributed by atoms with Crippen LogP contribution in [0.5, 0.6) is 11.6 Å². The van der Waals surface area contributed by atoms with Crippen molar-refractivity contribution in [2.75, 3.05) is 12.4 Å². The van der Waals surface area contributed by atoms with Gasteiger partial charge in [-0.1, -0.05) is 23.7 Å². The second-order valence-electron chi connectivity index (χ2n) is 6.81. The number of rotatable bonds is 6. The van der Waals surface area contributed by atoms with Crippen LogP contribution in [0.25, 0.3) is 5.69 Å². The molecule has 2 aromatic carbocycles. The van der Waals surface area contributed by atoms with Gasteiger partial charge in [-0.05, 0) is 56.2 Å². The summed E-state index contributed by atoms with van der Waals surface area (Å²) in [7, 11) is 1.53. The van der Waals surface area contributed by atoms with Gasteiger partial charge in [-0.3, -0.25) is 9.59 Å². The predicted molar refractivity (Wildman–Crippen MR) is 116 cm³/mol. The number of carbonyl (C=O) groups excluding carboxylic acids is 1. The molecule has 0 saturated heterocycles. The topological polar surface area (TPSA) is 82.5 Å². The van der Waals surface area contributed by atoms with Crippen LogP contribution >= 0.6 is 11.6 Å². The largest absolute Gasteiger partial charge is 0.495 e. The number of halogens is 1. The van der Waals surface area contributed by atoms with Crippen LogP contribution in [0.1, 0.15) is 18.1 Å². The van der Waals surface area contributed by atoms with Gasteiger partial charge >= 0.3 is 0 Å². The van der Waals surface area contributed by atoms with Gasteiger partial charge in [0.1, 0.15) is 5.75 Å². The van der Waals surface area contributed by atoms with E-state index in [1.807, 2.05) is 26.0 Å². The van der Waals surface area contributed by atoms with Gasteiger partial charge in [0.25, 0.3) is 11.5 Å². The molecule has 0 radical (unpaired) electrons. The van der Waals surface area contributed by atoms with Crippen LogP contribution < -0.4 is 20.3 Å². The third kappa shape index (κ3) is 4.80. The molecule has 8 heteroatoms. The number of carbonyl (C=O) groups is 1. The van der Waals surface area contributed by atoms with Crippen molar-refractivity contribution in [1.29, 1.82) is 0 Å². The number of amides is 1. The first kappa shape index (κ1) is 21.4. The van der Waals surface area contributed by atoms with Crippen LogP contribution in [-0.2, 0) is 4.79 Å². The quantitative estimate of drug-likeness (QED) is 0.644. The molecule has 0 bridgehead atoms. The summed E-state index contributed by atoms with van der Waals surface area (Å²) in [6.07, 6.45) is -0.867. The van der Waals surface area contributed by atoms with Crippen LogP contribution in [-0.4, -0.2) is 28.9 Å². The number of aryl methyl sites for hydroxylation is 2. The predicted octanol–water partition coefficient (Wildman–Crippen LogP) is 3.92. The first-order valence-electron chi connectivity index (χ1n) is 9.27. The second kappa shape index (κ2) is 9.00. The molecule has 0 unspecified atom stereocenters. The lowest BCUT2D eigenvalue weighted by Crippen LogP contribution is -2.31. The monoisotopic (exact) mass is 427 g/mol. The second-order valence-corrected chi connectivity index (χ2v) is 7.24. The fraction of sp³-hybridized carbons (Fsp3) is 0.227. The molecule has 0 aliphatic rings. The third-order valence-corrected chi connectivity index (χ3v) is 4.69. The smallest absolute Gasteiger partial charge is 0.271 e. The minimum atomic E-state index is -0.867. The molecule has 30 heavy (non-hydrogen) atoms.